The van der Waals surface area contributed by atoms with Gasteiger partial charge in [-0.1, -0.05) is 15.9 Å². The molecule has 1 aromatic heterocycles. The molecule has 0 unspecified atom stereocenters. The number of aromatic nitrogens is 2. The number of rotatable bonds is 8. The highest BCUT2D eigenvalue weighted by molar-refractivity contribution is 9.09. The average molecular weight is 302 g/mol. The van der Waals surface area contributed by atoms with Crippen LogP contribution in [-0.4, -0.2) is 28.0 Å². The number of H-pyrrole nitrogens is 1. The molecule has 0 saturated heterocycles. The molecule has 0 spiro atoms. The molecule has 1 amide bonds. The van der Waals surface area contributed by atoms with E-state index in [4.69, 9.17) is 0 Å². The number of amides is 1. The predicted molar refractivity (Wildman–Crippen MR) is 72.3 cm³/mol. The number of nitrogens with one attached hydrogen (secondary N) is 2. The van der Waals surface area contributed by atoms with Gasteiger partial charge in [0, 0.05) is 24.0 Å². The lowest BCUT2D eigenvalue weighted by atomic mass is 10.1. The summed E-state index contributed by atoms with van der Waals surface area (Å²) in [7, 11) is 0. The van der Waals surface area contributed by atoms with Crippen molar-refractivity contribution >= 4 is 21.8 Å². The highest BCUT2D eigenvalue weighted by atomic mass is 79.9. The van der Waals surface area contributed by atoms with E-state index >= 15 is 0 Å². The van der Waals surface area contributed by atoms with Crippen LogP contribution in [0.4, 0.5) is 0 Å². The van der Waals surface area contributed by atoms with Crippen LogP contribution in [0.3, 0.4) is 0 Å². The van der Waals surface area contributed by atoms with E-state index in [1.54, 1.807) is 0 Å². The molecule has 0 saturated carbocycles. The van der Waals surface area contributed by atoms with E-state index in [0.29, 0.717) is 6.42 Å². The summed E-state index contributed by atoms with van der Waals surface area (Å²) in [6.07, 6.45) is 6.43. The standard InChI is InChI=1S/C12H20BrN3O/c1-10-11(9-15-16-10)5-4-8-14-12(17)6-2-3-7-13/h9H,2-8H2,1H3,(H,14,17)(H,15,16). The molecular formula is C12H20BrN3O. The highest BCUT2D eigenvalue weighted by Crippen LogP contribution is 2.05. The van der Waals surface area contributed by atoms with Crippen molar-refractivity contribution in [2.75, 3.05) is 11.9 Å². The zero-order chi connectivity index (χ0) is 12.5. The van der Waals surface area contributed by atoms with E-state index in [2.05, 4.69) is 31.4 Å². The van der Waals surface area contributed by atoms with Crippen LogP contribution in [0, 0.1) is 6.92 Å². The first-order valence-electron chi connectivity index (χ1n) is 6.05. The van der Waals surface area contributed by atoms with Crippen molar-refractivity contribution in [1.29, 1.82) is 0 Å². The van der Waals surface area contributed by atoms with Gasteiger partial charge in [0.15, 0.2) is 0 Å². The van der Waals surface area contributed by atoms with Gasteiger partial charge in [-0.05, 0) is 38.2 Å². The van der Waals surface area contributed by atoms with Gasteiger partial charge in [-0.25, -0.2) is 0 Å². The zero-order valence-electron chi connectivity index (χ0n) is 10.3. The van der Waals surface area contributed by atoms with E-state index in [1.165, 1.54) is 5.56 Å². The molecule has 1 aromatic rings. The average Bonchev–Trinajstić information content (AvgIpc) is 2.71. The third-order valence-corrected chi connectivity index (χ3v) is 3.23. The molecule has 1 heterocycles. The minimum Gasteiger partial charge on any atom is -0.356 e. The largest absolute Gasteiger partial charge is 0.356 e. The molecular weight excluding hydrogens is 282 g/mol. The van der Waals surface area contributed by atoms with Crippen LogP contribution in [0.15, 0.2) is 6.20 Å². The monoisotopic (exact) mass is 301 g/mol. The van der Waals surface area contributed by atoms with E-state index in [9.17, 15) is 4.79 Å². The summed E-state index contributed by atoms with van der Waals surface area (Å²) in [5, 5.41) is 10.8. The van der Waals surface area contributed by atoms with Crippen LogP contribution in [0.5, 0.6) is 0 Å². The number of halogens is 1. The lowest BCUT2D eigenvalue weighted by Gasteiger charge is -2.04. The molecule has 2 N–H and O–H groups in total. The highest BCUT2D eigenvalue weighted by Gasteiger charge is 2.02. The topological polar surface area (TPSA) is 57.8 Å². The van der Waals surface area contributed by atoms with Gasteiger partial charge < -0.3 is 5.32 Å². The van der Waals surface area contributed by atoms with Gasteiger partial charge in [0.1, 0.15) is 0 Å². The number of carbonyl (C=O) groups excluding carboxylic acids is 1. The van der Waals surface area contributed by atoms with Crippen molar-refractivity contribution in [1.82, 2.24) is 15.5 Å². The van der Waals surface area contributed by atoms with Gasteiger partial charge in [0.25, 0.3) is 0 Å². The quantitative estimate of drug-likeness (QED) is 0.572. The second kappa shape index (κ2) is 8.28. The molecule has 0 aliphatic heterocycles. The number of unbranched alkanes of at least 4 members (excludes halogenated alkanes) is 1. The first-order valence-corrected chi connectivity index (χ1v) is 7.17. The van der Waals surface area contributed by atoms with E-state index < -0.39 is 0 Å². The number of hydrogen-bond acceptors (Lipinski definition) is 2. The Kier molecular flexibility index (Phi) is 6.93. The molecule has 17 heavy (non-hydrogen) atoms. The van der Waals surface area contributed by atoms with Crippen molar-refractivity contribution in [2.45, 2.75) is 39.0 Å². The fourth-order valence-electron chi connectivity index (χ4n) is 1.60. The number of aryl methyl sites for hydroxylation is 2. The van der Waals surface area contributed by atoms with E-state index in [-0.39, 0.29) is 5.91 Å². The minimum atomic E-state index is 0.162. The molecule has 0 bridgehead atoms. The van der Waals surface area contributed by atoms with Crippen molar-refractivity contribution in [2.24, 2.45) is 0 Å². The lowest BCUT2D eigenvalue weighted by Crippen LogP contribution is -2.24. The fraction of sp³-hybridized carbons (Fsp3) is 0.667. The van der Waals surface area contributed by atoms with Crippen molar-refractivity contribution < 1.29 is 4.79 Å². The van der Waals surface area contributed by atoms with Gasteiger partial charge in [-0.15, -0.1) is 0 Å². The Labute approximate surface area is 111 Å². The molecule has 4 nitrogen and oxygen atoms in total. The van der Waals surface area contributed by atoms with Gasteiger partial charge in [-0.3, -0.25) is 9.89 Å². The smallest absolute Gasteiger partial charge is 0.219 e. The molecule has 0 radical (unpaired) electrons. The molecule has 0 aliphatic rings. The predicted octanol–water partition coefficient (Wildman–Crippen LogP) is 2.33. The second-order valence-electron chi connectivity index (χ2n) is 4.12. The number of carbonyl (C=O) groups is 1. The SMILES string of the molecule is Cc1[nH]ncc1CCCNC(=O)CCCCBr. The minimum absolute atomic E-state index is 0.162. The van der Waals surface area contributed by atoms with Gasteiger partial charge in [-0.2, -0.15) is 5.10 Å². The normalized spacial score (nSPS) is 10.5. The Bertz CT molecular complexity index is 338. The van der Waals surface area contributed by atoms with Crippen LogP contribution in [0.1, 0.15) is 36.9 Å². The maximum Gasteiger partial charge on any atom is 0.219 e. The Morgan fingerprint density at radius 3 is 2.94 bits per heavy atom. The Balaban J connectivity index is 2.04. The maximum atomic E-state index is 11.4. The first kappa shape index (κ1) is 14.2. The van der Waals surface area contributed by atoms with Crippen molar-refractivity contribution in [3.05, 3.63) is 17.5 Å². The summed E-state index contributed by atoms with van der Waals surface area (Å²) in [5.74, 6) is 0.162. The van der Waals surface area contributed by atoms with Crippen LogP contribution in [0.25, 0.3) is 0 Å². The van der Waals surface area contributed by atoms with Crippen LogP contribution in [-0.2, 0) is 11.2 Å². The van der Waals surface area contributed by atoms with Crippen LogP contribution in [0.2, 0.25) is 0 Å². The van der Waals surface area contributed by atoms with Crippen molar-refractivity contribution in [3.8, 4) is 0 Å². The summed E-state index contributed by atoms with van der Waals surface area (Å²) in [6, 6.07) is 0. The summed E-state index contributed by atoms with van der Waals surface area (Å²) in [5.41, 5.74) is 2.35. The summed E-state index contributed by atoms with van der Waals surface area (Å²) >= 11 is 3.35. The van der Waals surface area contributed by atoms with E-state index in [0.717, 1.165) is 43.3 Å². The summed E-state index contributed by atoms with van der Waals surface area (Å²) in [6.45, 7) is 2.76. The van der Waals surface area contributed by atoms with Gasteiger partial charge in [0.2, 0.25) is 5.91 Å². The summed E-state index contributed by atoms with van der Waals surface area (Å²) < 4.78 is 0. The molecule has 0 atom stereocenters. The van der Waals surface area contributed by atoms with Gasteiger partial charge in [0.05, 0.1) is 6.20 Å². The fourth-order valence-corrected chi connectivity index (χ4v) is 2.00. The molecule has 1 rings (SSSR count). The maximum absolute atomic E-state index is 11.4. The van der Waals surface area contributed by atoms with Crippen molar-refractivity contribution in [3.63, 3.8) is 0 Å². The zero-order valence-corrected chi connectivity index (χ0v) is 11.8. The summed E-state index contributed by atoms with van der Waals surface area (Å²) in [4.78, 5) is 11.4. The Morgan fingerprint density at radius 1 is 1.47 bits per heavy atom. The van der Waals surface area contributed by atoms with Gasteiger partial charge >= 0.3 is 0 Å². The molecule has 5 heteroatoms. The molecule has 0 aromatic carbocycles. The third-order valence-electron chi connectivity index (χ3n) is 2.67. The van der Waals surface area contributed by atoms with E-state index in [1.807, 2.05) is 13.1 Å². The number of aromatic amines is 1. The Hall–Kier alpha value is -0.840. The Morgan fingerprint density at radius 2 is 2.29 bits per heavy atom. The molecule has 96 valence electrons. The number of nitrogens with zero attached hydrogens (tertiary/aromatic N) is 1. The number of alkyl halides is 1. The molecule has 0 fully saturated rings. The number of hydrogen-bond donors (Lipinski definition) is 2. The van der Waals surface area contributed by atoms with Crippen LogP contribution < -0.4 is 5.32 Å². The third kappa shape index (κ3) is 5.86. The first-order chi connectivity index (χ1) is 8.24. The van der Waals surface area contributed by atoms with Crippen LogP contribution >= 0.6 is 15.9 Å². The second-order valence-corrected chi connectivity index (χ2v) is 4.91. The lowest BCUT2D eigenvalue weighted by molar-refractivity contribution is -0.121. The molecule has 0 aliphatic carbocycles.